The monoisotopic (exact) mass is 200 g/mol. The van der Waals surface area contributed by atoms with E-state index in [2.05, 4.69) is 10.9 Å². The molecule has 1 aromatic heterocycles. The molecule has 3 heteroatoms. The Kier molecular flexibility index (Phi) is 2.21. The Hall–Kier alpha value is -1.79. The van der Waals surface area contributed by atoms with E-state index in [0.717, 1.165) is 16.3 Å². The van der Waals surface area contributed by atoms with Crippen LogP contribution in [0, 0.1) is 12.3 Å². The van der Waals surface area contributed by atoms with Crippen molar-refractivity contribution in [2.75, 3.05) is 5.73 Å². The third kappa shape index (κ3) is 1.48. The van der Waals surface area contributed by atoms with E-state index in [9.17, 15) is 0 Å². The molecule has 0 aliphatic heterocycles. The largest absolute Gasteiger partial charge is 0.398 e. The zero-order valence-corrected chi connectivity index (χ0v) is 8.21. The number of hydrogen-bond acceptors (Lipinski definition) is 3. The van der Waals surface area contributed by atoms with Crippen LogP contribution in [0.1, 0.15) is 5.69 Å². The average Bonchev–Trinajstić information content (AvgIpc) is 2.67. The Labute approximate surface area is 86.4 Å². The number of hydrogen-bond donors (Lipinski definition) is 1. The predicted octanol–water partition coefficient (Wildman–Crippen LogP) is 2.37. The maximum absolute atomic E-state index is 5.82. The summed E-state index contributed by atoms with van der Waals surface area (Å²) in [6.45, 7) is 0. The summed E-state index contributed by atoms with van der Waals surface area (Å²) < 4.78 is 0. The van der Waals surface area contributed by atoms with Crippen LogP contribution in [0.3, 0.4) is 0 Å². The normalized spacial score (nSPS) is 9.64. The minimum atomic E-state index is 0.660. The fourth-order valence-corrected chi connectivity index (χ4v) is 1.96. The molecule has 0 saturated heterocycles. The number of nitrogens with two attached hydrogens (primary N) is 1. The molecule has 2 rings (SSSR count). The van der Waals surface area contributed by atoms with Gasteiger partial charge in [0.05, 0.1) is 0 Å². The zero-order chi connectivity index (χ0) is 9.97. The number of benzene rings is 1. The molecule has 14 heavy (non-hydrogen) atoms. The molecule has 0 fully saturated rings. The lowest BCUT2D eigenvalue weighted by Gasteiger charge is -1.99. The van der Waals surface area contributed by atoms with Gasteiger partial charge in [-0.2, -0.15) is 0 Å². The number of thiazole rings is 1. The highest BCUT2D eigenvalue weighted by atomic mass is 32.1. The van der Waals surface area contributed by atoms with Crippen LogP contribution in [0.4, 0.5) is 5.69 Å². The molecule has 1 aromatic carbocycles. The van der Waals surface area contributed by atoms with Gasteiger partial charge in [0.2, 0.25) is 0 Å². The summed E-state index contributed by atoms with van der Waals surface area (Å²) in [5.74, 6) is 2.50. The highest BCUT2D eigenvalue weighted by Gasteiger charge is 2.05. The van der Waals surface area contributed by atoms with Crippen molar-refractivity contribution in [1.29, 1.82) is 0 Å². The van der Waals surface area contributed by atoms with Crippen LogP contribution in [-0.4, -0.2) is 4.98 Å². The van der Waals surface area contributed by atoms with Gasteiger partial charge in [0.25, 0.3) is 0 Å². The van der Waals surface area contributed by atoms with Gasteiger partial charge in [-0.25, -0.2) is 4.98 Å². The van der Waals surface area contributed by atoms with E-state index in [1.807, 2.05) is 29.6 Å². The number of para-hydroxylation sites is 1. The predicted molar refractivity (Wildman–Crippen MR) is 59.9 cm³/mol. The van der Waals surface area contributed by atoms with Crippen molar-refractivity contribution in [3.8, 4) is 22.9 Å². The van der Waals surface area contributed by atoms with Crippen LogP contribution in [0.15, 0.2) is 29.6 Å². The first-order chi connectivity index (χ1) is 6.81. The molecular weight excluding hydrogens is 192 g/mol. The van der Waals surface area contributed by atoms with Crippen LogP contribution >= 0.6 is 11.3 Å². The Morgan fingerprint density at radius 1 is 1.36 bits per heavy atom. The van der Waals surface area contributed by atoms with E-state index in [4.69, 9.17) is 12.2 Å². The lowest BCUT2D eigenvalue weighted by Crippen LogP contribution is -1.88. The van der Waals surface area contributed by atoms with Crippen molar-refractivity contribution < 1.29 is 0 Å². The van der Waals surface area contributed by atoms with Crippen molar-refractivity contribution in [2.45, 2.75) is 0 Å². The van der Waals surface area contributed by atoms with E-state index in [-0.39, 0.29) is 0 Å². The summed E-state index contributed by atoms with van der Waals surface area (Å²) in [6.07, 6.45) is 5.24. The second-order valence-electron chi connectivity index (χ2n) is 2.77. The Bertz CT molecular complexity index is 494. The van der Waals surface area contributed by atoms with Gasteiger partial charge in [-0.05, 0) is 18.1 Å². The van der Waals surface area contributed by atoms with Crippen LogP contribution in [0.25, 0.3) is 10.6 Å². The fraction of sp³-hybridized carbons (Fsp3) is 0. The van der Waals surface area contributed by atoms with Crippen molar-refractivity contribution >= 4 is 17.0 Å². The number of anilines is 1. The second-order valence-corrected chi connectivity index (χ2v) is 3.63. The standard InChI is InChI=1S/C11H8N2S/c1-2-8-7-14-11(13-8)9-5-3-4-6-10(9)12/h1,3-7H,12H2. The molecule has 0 bridgehead atoms. The molecule has 1 heterocycles. The molecule has 2 N–H and O–H groups in total. The van der Waals surface area contributed by atoms with Crippen molar-refractivity contribution in [3.05, 3.63) is 35.3 Å². The Morgan fingerprint density at radius 3 is 2.79 bits per heavy atom. The molecule has 68 valence electrons. The number of terminal acetylenes is 1. The van der Waals surface area contributed by atoms with Crippen LogP contribution in [0.5, 0.6) is 0 Å². The van der Waals surface area contributed by atoms with Gasteiger partial charge in [-0.15, -0.1) is 17.8 Å². The molecular formula is C11H8N2S. The third-order valence-electron chi connectivity index (χ3n) is 1.84. The number of nitrogen functional groups attached to an aromatic ring is 1. The van der Waals surface area contributed by atoms with Crippen LogP contribution in [0.2, 0.25) is 0 Å². The molecule has 0 aliphatic rings. The molecule has 0 unspecified atom stereocenters. The van der Waals surface area contributed by atoms with Gasteiger partial charge in [0, 0.05) is 16.6 Å². The molecule has 2 aromatic rings. The lowest BCUT2D eigenvalue weighted by molar-refractivity contribution is 1.37. The molecule has 0 amide bonds. The van der Waals surface area contributed by atoms with Gasteiger partial charge in [-0.3, -0.25) is 0 Å². The first-order valence-electron chi connectivity index (χ1n) is 4.08. The van der Waals surface area contributed by atoms with Crippen molar-refractivity contribution in [1.82, 2.24) is 4.98 Å². The van der Waals surface area contributed by atoms with Gasteiger partial charge in [-0.1, -0.05) is 12.1 Å². The molecule has 0 spiro atoms. The van der Waals surface area contributed by atoms with E-state index in [0.29, 0.717) is 5.69 Å². The smallest absolute Gasteiger partial charge is 0.126 e. The minimum absolute atomic E-state index is 0.660. The van der Waals surface area contributed by atoms with Crippen molar-refractivity contribution in [2.24, 2.45) is 0 Å². The third-order valence-corrected chi connectivity index (χ3v) is 2.72. The lowest BCUT2D eigenvalue weighted by atomic mass is 10.2. The summed E-state index contributed by atoms with van der Waals surface area (Å²) in [5, 5.41) is 2.72. The maximum Gasteiger partial charge on any atom is 0.126 e. The summed E-state index contributed by atoms with van der Waals surface area (Å²) >= 11 is 1.51. The minimum Gasteiger partial charge on any atom is -0.398 e. The molecule has 0 radical (unpaired) electrons. The number of aromatic nitrogens is 1. The molecule has 2 nitrogen and oxygen atoms in total. The number of rotatable bonds is 1. The second kappa shape index (κ2) is 3.52. The van der Waals surface area contributed by atoms with E-state index < -0.39 is 0 Å². The van der Waals surface area contributed by atoms with Gasteiger partial charge < -0.3 is 5.73 Å². The number of nitrogens with zero attached hydrogens (tertiary/aromatic N) is 1. The maximum atomic E-state index is 5.82. The van der Waals surface area contributed by atoms with Gasteiger partial charge in [0.1, 0.15) is 10.7 Å². The highest BCUT2D eigenvalue weighted by Crippen LogP contribution is 2.28. The van der Waals surface area contributed by atoms with Gasteiger partial charge >= 0.3 is 0 Å². The molecule has 0 aliphatic carbocycles. The zero-order valence-electron chi connectivity index (χ0n) is 7.40. The Balaban J connectivity index is 2.51. The summed E-state index contributed by atoms with van der Waals surface area (Å²) in [5.41, 5.74) is 8.15. The van der Waals surface area contributed by atoms with Crippen molar-refractivity contribution in [3.63, 3.8) is 0 Å². The summed E-state index contributed by atoms with van der Waals surface area (Å²) in [6, 6.07) is 7.62. The first kappa shape index (κ1) is 8.79. The first-order valence-corrected chi connectivity index (χ1v) is 4.96. The fourth-order valence-electron chi connectivity index (χ4n) is 1.16. The van der Waals surface area contributed by atoms with E-state index in [1.54, 1.807) is 0 Å². The van der Waals surface area contributed by atoms with Crippen LogP contribution < -0.4 is 5.73 Å². The van der Waals surface area contributed by atoms with E-state index in [1.165, 1.54) is 11.3 Å². The summed E-state index contributed by atoms with van der Waals surface area (Å²) in [7, 11) is 0. The molecule has 0 saturated carbocycles. The van der Waals surface area contributed by atoms with Crippen LogP contribution in [-0.2, 0) is 0 Å². The SMILES string of the molecule is C#Cc1csc(-c2ccccc2N)n1. The quantitative estimate of drug-likeness (QED) is 0.567. The highest BCUT2D eigenvalue weighted by molar-refractivity contribution is 7.13. The Morgan fingerprint density at radius 2 is 2.14 bits per heavy atom. The molecule has 0 atom stereocenters. The van der Waals surface area contributed by atoms with Gasteiger partial charge in [0.15, 0.2) is 0 Å². The average molecular weight is 200 g/mol. The van der Waals surface area contributed by atoms with E-state index >= 15 is 0 Å². The topological polar surface area (TPSA) is 38.9 Å². The summed E-state index contributed by atoms with van der Waals surface area (Å²) in [4.78, 5) is 4.26.